The highest BCUT2D eigenvalue weighted by molar-refractivity contribution is 6.31. The molecule has 2 N–H and O–H groups in total. The first-order valence-electron chi connectivity index (χ1n) is 9.08. The Morgan fingerprint density at radius 3 is 2.41 bits per heavy atom. The Balaban J connectivity index is 2.37. The minimum absolute atomic E-state index is 0.0171. The summed E-state index contributed by atoms with van der Waals surface area (Å²) in [7, 11) is 0. The first kappa shape index (κ1) is 19.2. The van der Waals surface area contributed by atoms with Gasteiger partial charge in [0, 0.05) is 39.7 Å². The Bertz CT molecular complexity index is 1030. The van der Waals surface area contributed by atoms with Gasteiger partial charge in [-0.25, -0.2) is 0 Å². The highest BCUT2D eigenvalue weighted by atomic mass is 35.5. The van der Waals surface area contributed by atoms with Crippen molar-refractivity contribution >= 4 is 34.2 Å². The van der Waals surface area contributed by atoms with Crippen LogP contribution in [0.2, 0.25) is 5.02 Å². The van der Waals surface area contributed by atoms with Crippen molar-refractivity contribution in [1.29, 1.82) is 0 Å². The van der Waals surface area contributed by atoms with Crippen LogP contribution in [-0.4, -0.2) is 16.3 Å². The van der Waals surface area contributed by atoms with Crippen molar-refractivity contribution in [2.75, 3.05) is 0 Å². The zero-order valence-corrected chi connectivity index (χ0v) is 16.5. The number of fused-ring (bicyclic) bond motifs is 1. The van der Waals surface area contributed by atoms with Crippen molar-refractivity contribution in [3.8, 4) is 0 Å². The molecule has 1 amide bonds. The Kier molecular flexibility index (Phi) is 5.38. The Hall–Kier alpha value is -2.59. The fourth-order valence-corrected chi connectivity index (χ4v) is 3.75. The van der Waals surface area contributed by atoms with Gasteiger partial charge < -0.3 is 10.3 Å². The fourth-order valence-electron chi connectivity index (χ4n) is 3.56. The van der Waals surface area contributed by atoms with Crippen molar-refractivity contribution in [3.63, 3.8) is 0 Å². The number of benzene rings is 2. The highest BCUT2D eigenvalue weighted by Crippen LogP contribution is 2.33. The third-order valence-corrected chi connectivity index (χ3v) is 5.22. The van der Waals surface area contributed by atoms with E-state index >= 15 is 0 Å². The quantitative estimate of drug-likeness (QED) is 0.619. The van der Waals surface area contributed by atoms with Gasteiger partial charge in [0.05, 0.1) is 5.52 Å². The van der Waals surface area contributed by atoms with Crippen molar-refractivity contribution in [1.82, 2.24) is 4.57 Å². The first-order chi connectivity index (χ1) is 12.9. The molecule has 4 nitrogen and oxygen atoms in total. The van der Waals surface area contributed by atoms with Gasteiger partial charge in [0.1, 0.15) is 0 Å². The Morgan fingerprint density at radius 2 is 1.81 bits per heavy atom. The molecule has 0 aliphatic carbocycles. The van der Waals surface area contributed by atoms with Gasteiger partial charge in [-0.05, 0) is 30.2 Å². The maximum atomic E-state index is 13.1. The molecular weight excluding hydrogens is 360 g/mol. The van der Waals surface area contributed by atoms with Gasteiger partial charge >= 0.3 is 0 Å². The number of rotatable bonds is 6. The van der Waals surface area contributed by atoms with Crippen LogP contribution in [0, 0.1) is 5.92 Å². The number of nitrogens with two attached hydrogens (primary N) is 1. The van der Waals surface area contributed by atoms with E-state index in [1.54, 1.807) is 12.1 Å². The summed E-state index contributed by atoms with van der Waals surface area (Å²) in [6.07, 6.45) is 0.658. The average molecular weight is 383 g/mol. The third-order valence-electron chi connectivity index (χ3n) is 4.86. The molecule has 0 saturated heterocycles. The van der Waals surface area contributed by atoms with E-state index in [1.807, 2.05) is 51.1 Å². The Labute approximate surface area is 163 Å². The van der Waals surface area contributed by atoms with Crippen LogP contribution in [0.3, 0.4) is 0 Å². The molecule has 0 fully saturated rings. The van der Waals surface area contributed by atoms with E-state index in [0.717, 1.165) is 16.8 Å². The van der Waals surface area contributed by atoms with E-state index in [1.165, 1.54) is 0 Å². The van der Waals surface area contributed by atoms with Crippen LogP contribution in [0.4, 0.5) is 0 Å². The molecule has 140 valence electrons. The number of primary amides is 1. The number of carbonyl (C=O) groups is 2. The van der Waals surface area contributed by atoms with Gasteiger partial charge in [-0.1, -0.05) is 56.6 Å². The van der Waals surface area contributed by atoms with Crippen molar-refractivity contribution in [2.24, 2.45) is 11.7 Å². The van der Waals surface area contributed by atoms with Gasteiger partial charge in [-0.15, -0.1) is 0 Å². The second-order valence-corrected chi connectivity index (χ2v) is 7.34. The molecule has 0 aliphatic rings. The van der Waals surface area contributed by atoms with E-state index in [9.17, 15) is 9.59 Å². The molecule has 0 atom stereocenters. The third kappa shape index (κ3) is 3.37. The van der Waals surface area contributed by atoms with Crippen molar-refractivity contribution < 1.29 is 9.59 Å². The van der Waals surface area contributed by atoms with Crippen molar-refractivity contribution in [2.45, 2.75) is 33.7 Å². The minimum Gasteiger partial charge on any atom is -0.366 e. The molecule has 1 aromatic heterocycles. The molecule has 0 saturated carbocycles. The molecule has 1 heterocycles. The van der Waals surface area contributed by atoms with Crippen LogP contribution < -0.4 is 5.73 Å². The largest absolute Gasteiger partial charge is 0.366 e. The van der Waals surface area contributed by atoms with Gasteiger partial charge in [0.25, 0.3) is 0 Å². The van der Waals surface area contributed by atoms with Crippen LogP contribution >= 0.6 is 11.6 Å². The van der Waals surface area contributed by atoms with Gasteiger partial charge in [0.15, 0.2) is 5.78 Å². The summed E-state index contributed by atoms with van der Waals surface area (Å²) < 4.78 is 2.08. The smallest absolute Gasteiger partial charge is 0.249 e. The maximum absolute atomic E-state index is 13.1. The number of halogens is 1. The predicted molar refractivity (Wildman–Crippen MR) is 110 cm³/mol. The molecule has 27 heavy (non-hydrogen) atoms. The molecular formula is C22H23ClN2O2. The zero-order chi connectivity index (χ0) is 19.7. The second-order valence-electron chi connectivity index (χ2n) is 6.94. The number of hydrogen-bond donors (Lipinski definition) is 1. The molecule has 5 heteroatoms. The molecule has 0 aliphatic heterocycles. The molecule has 0 bridgehead atoms. The van der Waals surface area contributed by atoms with Crippen LogP contribution in [0.25, 0.3) is 10.9 Å². The summed E-state index contributed by atoms with van der Waals surface area (Å²) in [5.41, 5.74) is 9.29. The topological polar surface area (TPSA) is 65.1 Å². The van der Waals surface area contributed by atoms with E-state index in [4.69, 9.17) is 17.3 Å². The summed E-state index contributed by atoms with van der Waals surface area (Å²) in [4.78, 5) is 25.1. The first-order valence-corrected chi connectivity index (χ1v) is 9.46. The number of ketones is 1. The molecule has 0 unspecified atom stereocenters. The maximum Gasteiger partial charge on any atom is 0.249 e. The molecule has 2 aromatic carbocycles. The van der Waals surface area contributed by atoms with E-state index in [0.29, 0.717) is 34.5 Å². The standard InChI is InChI=1S/C22H23ClN2O2/c1-4-17-20(21(26)13(2)3)19-15(22(24)27)9-7-11-18(19)25(17)12-14-8-5-6-10-16(14)23/h5-11,13H,4,12H2,1-3H3,(H2,24,27). The predicted octanol–water partition coefficient (Wildman–Crippen LogP) is 4.84. The Morgan fingerprint density at radius 1 is 1.11 bits per heavy atom. The SMILES string of the molecule is CCc1c(C(=O)C(C)C)c2c(C(N)=O)cccc2n1Cc1ccccc1Cl. The lowest BCUT2D eigenvalue weighted by Crippen LogP contribution is -2.14. The number of nitrogens with zero attached hydrogens (tertiary/aromatic N) is 1. The normalized spacial score (nSPS) is 11.3. The summed E-state index contributed by atoms with van der Waals surface area (Å²) in [5, 5.41) is 1.32. The number of Topliss-reactive ketones (excluding diaryl/α,β-unsaturated/α-hetero) is 1. The number of amides is 1. The van der Waals surface area contributed by atoms with Crippen LogP contribution in [0.15, 0.2) is 42.5 Å². The van der Waals surface area contributed by atoms with E-state index < -0.39 is 5.91 Å². The fraction of sp³-hybridized carbons (Fsp3) is 0.273. The second kappa shape index (κ2) is 7.57. The molecule has 3 aromatic rings. The van der Waals surface area contributed by atoms with E-state index in [2.05, 4.69) is 4.57 Å². The summed E-state index contributed by atoms with van der Waals surface area (Å²) >= 11 is 6.37. The van der Waals surface area contributed by atoms with Gasteiger partial charge in [0.2, 0.25) is 5.91 Å². The number of aromatic nitrogens is 1. The lowest BCUT2D eigenvalue weighted by Gasteiger charge is -2.12. The molecule has 3 rings (SSSR count). The zero-order valence-electron chi connectivity index (χ0n) is 15.8. The summed E-state index contributed by atoms with van der Waals surface area (Å²) in [5.74, 6) is -0.699. The van der Waals surface area contributed by atoms with Gasteiger partial charge in [-0.3, -0.25) is 9.59 Å². The van der Waals surface area contributed by atoms with E-state index in [-0.39, 0.29) is 11.7 Å². The monoisotopic (exact) mass is 382 g/mol. The van der Waals surface area contributed by atoms with Crippen LogP contribution in [0.5, 0.6) is 0 Å². The lowest BCUT2D eigenvalue weighted by molar-refractivity contribution is 0.0939. The average Bonchev–Trinajstić information content (AvgIpc) is 2.96. The lowest BCUT2D eigenvalue weighted by atomic mass is 9.95. The summed E-state index contributed by atoms with van der Waals surface area (Å²) in [6.45, 7) is 6.27. The molecule has 0 spiro atoms. The van der Waals surface area contributed by atoms with Crippen LogP contribution in [-0.2, 0) is 13.0 Å². The van der Waals surface area contributed by atoms with Crippen LogP contribution in [0.1, 0.15) is 52.7 Å². The van der Waals surface area contributed by atoms with Crippen molar-refractivity contribution in [3.05, 3.63) is 69.9 Å². The number of hydrogen-bond acceptors (Lipinski definition) is 2. The number of carbonyl (C=O) groups excluding carboxylic acids is 2. The molecule has 0 radical (unpaired) electrons. The van der Waals surface area contributed by atoms with Gasteiger partial charge in [-0.2, -0.15) is 0 Å². The minimum atomic E-state index is -0.532. The highest BCUT2D eigenvalue weighted by Gasteiger charge is 2.26. The summed E-state index contributed by atoms with van der Waals surface area (Å²) in [6, 6.07) is 13.1.